The molecule has 2 aromatic rings. The van der Waals surface area contributed by atoms with E-state index in [1.165, 1.54) is 0 Å². The molecular formula is C21H26N2O3. The van der Waals surface area contributed by atoms with Crippen LogP contribution in [-0.2, 0) is 11.3 Å². The van der Waals surface area contributed by atoms with Gasteiger partial charge in [0.1, 0.15) is 11.4 Å². The van der Waals surface area contributed by atoms with Crippen molar-refractivity contribution in [2.24, 2.45) is 0 Å². The van der Waals surface area contributed by atoms with Crippen LogP contribution in [0.3, 0.4) is 0 Å². The normalized spacial score (nSPS) is 17.0. The van der Waals surface area contributed by atoms with Gasteiger partial charge in [-0.2, -0.15) is 0 Å². The lowest BCUT2D eigenvalue weighted by atomic mass is 9.98. The molecule has 0 radical (unpaired) electrons. The Kier molecular flexibility index (Phi) is 5.45. The highest BCUT2D eigenvalue weighted by molar-refractivity contribution is 5.97. The number of carbonyl (C=O) groups excluding carboxylic acids is 1. The van der Waals surface area contributed by atoms with Crippen molar-refractivity contribution in [1.82, 2.24) is 4.57 Å². The zero-order valence-electron chi connectivity index (χ0n) is 15.7. The molecule has 0 saturated carbocycles. The highest BCUT2D eigenvalue weighted by Gasteiger charge is 2.34. The molecule has 2 heterocycles. The first-order valence-corrected chi connectivity index (χ1v) is 9.19. The topological polar surface area (TPSA) is 51.5 Å². The molecule has 1 fully saturated rings. The van der Waals surface area contributed by atoms with Gasteiger partial charge in [0.15, 0.2) is 0 Å². The summed E-state index contributed by atoms with van der Waals surface area (Å²) in [5.41, 5.74) is 2.42. The van der Waals surface area contributed by atoms with E-state index in [0.29, 0.717) is 25.2 Å². The smallest absolute Gasteiger partial charge is 0.274 e. The second-order valence-corrected chi connectivity index (χ2v) is 6.88. The van der Waals surface area contributed by atoms with Crippen molar-refractivity contribution in [2.75, 3.05) is 18.6 Å². The average Bonchev–Trinajstić information content (AvgIpc) is 3.03. The first-order chi connectivity index (χ1) is 12.5. The van der Waals surface area contributed by atoms with Gasteiger partial charge in [0, 0.05) is 31.6 Å². The Morgan fingerprint density at radius 2 is 1.88 bits per heavy atom. The first kappa shape index (κ1) is 18.2. The number of anilines is 1. The summed E-state index contributed by atoms with van der Waals surface area (Å²) in [4.78, 5) is 27.2. The van der Waals surface area contributed by atoms with Crippen molar-refractivity contribution < 1.29 is 9.53 Å². The molecule has 0 N–H and O–H groups in total. The predicted octanol–water partition coefficient (Wildman–Crippen LogP) is 3.49. The average molecular weight is 354 g/mol. The van der Waals surface area contributed by atoms with E-state index in [1.807, 2.05) is 43.5 Å². The van der Waals surface area contributed by atoms with Gasteiger partial charge < -0.3 is 14.2 Å². The van der Waals surface area contributed by atoms with Crippen LogP contribution in [0, 0.1) is 6.92 Å². The van der Waals surface area contributed by atoms with Gasteiger partial charge in [-0.1, -0.05) is 25.5 Å². The van der Waals surface area contributed by atoms with Crippen LogP contribution in [-0.4, -0.2) is 24.1 Å². The SMILES string of the molecule is CCCCn1ccc(C)c(N2C[C@@H](c3ccc(OC)cc3)CC2=O)c1=O. The van der Waals surface area contributed by atoms with Gasteiger partial charge >= 0.3 is 0 Å². The molecule has 5 heteroatoms. The van der Waals surface area contributed by atoms with Gasteiger partial charge in [-0.15, -0.1) is 0 Å². The number of ether oxygens (including phenoxy) is 1. The molecule has 0 spiro atoms. The lowest BCUT2D eigenvalue weighted by Crippen LogP contribution is -2.34. The highest BCUT2D eigenvalue weighted by atomic mass is 16.5. The summed E-state index contributed by atoms with van der Waals surface area (Å²) < 4.78 is 6.92. The molecule has 1 aromatic heterocycles. The maximum atomic E-state index is 12.9. The van der Waals surface area contributed by atoms with Gasteiger partial charge in [-0.3, -0.25) is 9.59 Å². The quantitative estimate of drug-likeness (QED) is 0.798. The Morgan fingerprint density at radius 1 is 1.15 bits per heavy atom. The number of carbonyl (C=O) groups is 1. The second-order valence-electron chi connectivity index (χ2n) is 6.88. The number of aryl methyl sites for hydroxylation is 2. The largest absolute Gasteiger partial charge is 0.497 e. The molecular weight excluding hydrogens is 328 g/mol. The minimum atomic E-state index is -0.0674. The lowest BCUT2D eigenvalue weighted by Gasteiger charge is -2.20. The minimum Gasteiger partial charge on any atom is -0.497 e. The summed E-state index contributed by atoms with van der Waals surface area (Å²) >= 11 is 0. The van der Waals surface area contributed by atoms with Crippen LogP contribution in [0.2, 0.25) is 0 Å². The molecule has 1 aromatic carbocycles. The zero-order valence-corrected chi connectivity index (χ0v) is 15.7. The molecule has 26 heavy (non-hydrogen) atoms. The fourth-order valence-electron chi connectivity index (χ4n) is 3.51. The van der Waals surface area contributed by atoms with Gasteiger partial charge in [0.25, 0.3) is 5.56 Å². The highest BCUT2D eigenvalue weighted by Crippen LogP contribution is 2.32. The zero-order chi connectivity index (χ0) is 18.7. The molecule has 0 bridgehead atoms. The van der Waals surface area contributed by atoms with Crippen LogP contribution in [0.5, 0.6) is 5.75 Å². The summed E-state index contributed by atoms with van der Waals surface area (Å²) in [6, 6.07) is 9.75. The van der Waals surface area contributed by atoms with Crippen LogP contribution in [0.4, 0.5) is 5.69 Å². The Hall–Kier alpha value is -2.56. The Labute approximate surface area is 154 Å². The van der Waals surface area contributed by atoms with E-state index in [9.17, 15) is 9.59 Å². The molecule has 138 valence electrons. The Balaban J connectivity index is 1.88. The standard InChI is InChI=1S/C21H26N2O3/c1-4-5-11-22-12-10-15(2)20(21(22)25)23-14-17(13-19(23)24)16-6-8-18(26-3)9-7-16/h6-10,12,17H,4-5,11,13-14H2,1-3H3/t17-/m0/s1. The van der Waals surface area contributed by atoms with Gasteiger partial charge in [0.2, 0.25) is 5.91 Å². The molecule has 5 nitrogen and oxygen atoms in total. The Bertz CT molecular complexity index is 839. The summed E-state index contributed by atoms with van der Waals surface area (Å²) in [5, 5.41) is 0. The molecule has 1 aliphatic rings. The number of aromatic nitrogens is 1. The second kappa shape index (κ2) is 7.77. The van der Waals surface area contributed by atoms with Crippen LogP contribution in [0.25, 0.3) is 0 Å². The number of unbranched alkanes of at least 4 members (excludes halogenated alkanes) is 1. The van der Waals surface area contributed by atoms with Gasteiger partial charge in [-0.05, 0) is 42.7 Å². The van der Waals surface area contributed by atoms with Crippen molar-refractivity contribution in [3.63, 3.8) is 0 Å². The number of methoxy groups -OCH3 is 1. The first-order valence-electron chi connectivity index (χ1n) is 9.19. The van der Waals surface area contributed by atoms with E-state index in [4.69, 9.17) is 4.74 Å². The number of amides is 1. The van der Waals surface area contributed by atoms with Crippen molar-refractivity contribution in [1.29, 1.82) is 0 Å². The van der Waals surface area contributed by atoms with E-state index < -0.39 is 0 Å². The summed E-state index contributed by atoms with van der Waals surface area (Å²) in [6.07, 6.45) is 4.23. The number of benzene rings is 1. The van der Waals surface area contributed by atoms with E-state index in [-0.39, 0.29) is 17.4 Å². The molecule has 0 aliphatic carbocycles. The predicted molar refractivity (Wildman–Crippen MR) is 103 cm³/mol. The maximum absolute atomic E-state index is 12.9. The summed E-state index contributed by atoms with van der Waals surface area (Å²) in [6.45, 7) is 5.23. The van der Waals surface area contributed by atoms with Crippen LogP contribution in [0.15, 0.2) is 41.3 Å². The molecule has 3 rings (SSSR count). The van der Waals surface area contributed by atoms with E-state index in [2.05, 4.69) is 6.92 Å². The van der Waals surface area contributed by atoms with Crippen molar-refractivity contribution >= 4 is 11.6 Å². The third-order valence-corrected chi connectivity index (χ3v) is 5.08. The number of hydrogen-bond acceptors (Lipinski definition) is 3. The molecule has 1 atom stereocenters. The van der Waals surface area contributed by atoms with Gasteiger partial charge in [0.05, 0.1) is 7.11 Å². The van der Waals surface area contributed by atoms with Crippen LogP contribution in [0.1, 0.15) is 43.2 Å². The lowest BCUT2D eigenvalue weighted by molar-refractivity contribution is -0.117. The van der Waals surface area contributed by atoms with Crippen LogP contribution < -0.4 is 15.2 Å². The summed E-state index contributed by atoms with van der Waals surface area (Å²) in [5.74, 6) is 0.906. The molecule has 1 amide bonds. The van der Waals surface area contributed by atoms with Crippen LogP contribution >= 0.6 is 0 Å². The van der Waals surface area contributed by atoms with E-state index in [1.54, 1.807) is 16.6 Å². The number of rotatable bonds is 6. The van der Waals surface area contributed by atoms with Gasteiger partial charge in [-0.25, -0.2) is 0 Å². The van der Waals surface area contributed by atoms with E-state index in [0.717, 1.165) is 29.7 Å². The minimum absolute atomic E-state index is 0.0132. The van der Waals surface area contributed by atoms with Crippen molar-refractivity contribution in [3.05, 3.63) is 58.0 Å². The van der Waals surface area contributed by atoms with Crippen molar-refractivity contribution in [2.45, 2.75) is 45.6 Å². The number of pyridine rings is 1. The molecule has 1 aliphatic heterocycles. The monoisotopic (exact) mass is 354 g/mol. The Morgan fingerprint density at radius 3 is 2.54 bits per heavy atom. The number of nitrogens with zero attached hydrogens (tertiary/aromatic N) is 2. The maximum Gasteiger partial charge on any atom is 0.274 e. The third kappa shape index (κ3) is 3.52. The fourth-order valence-corrected chi connectivity index (χ4v) is 3.51. The van der Waals surface area contributed by atoms with Crippen molar-refractivity contribution in [3.8, 4) is 5.75 Å². The molecule has 1 saturated heterocycles. The summed E-state index contributed by atoms with van der Waals surface area (Å²) in [7, 11) is 1.64. The molecule has 0 unspecified atom stereocenters. The van der Waals surface area contributed by atoms with E-state index >= 15 is 0 Å². The third-order valence-electron chi connectivity index (χ3n) is 5.08. The fraction of sp³-hybridized carbons (Fsp3) is 0.429. The number of hydrogen-bond donors (Lipinski definition) is 0.